The molecule has 90 valence electrons. The summed E-state index contributed by atoms with van der Waals surface area (Å²) in [5.74, 6) is 0.477. The summed E-state index contributed by atoms with van der Waals surface area (Å²) < 4.78 is 0. The molecule has 0 bridgehead atoms. The molecule has 0 spiro atoms. The summed E-state index contributed by atoms with van der Waals surface area (Å²) in [6.07, 6.45) is 0. The van der Waals surface area contributed by atoms with E-state index >= 15 is 0 Å². The molecule has 0 unspecified atom stereocenters. The summed E-state index contributed by atoms with van der Waals surface area (Å²) in [4.78, 5) is 0. The van der Waals surface area contributed by atoms with E-state index < -0.39 is 5.60 Å². The molecule has 0 aliphatic heterocycles. The molecule has 0 atom stereocenters. The molecule has 0 heterocycles. The van der Waals surface area contributed by atoms with Crippen LogP contribution in [0, 0.1) is 0 Å². The van der Waals surface area contributed by atoms with Gasteiger partial charge in [0.15, 0.2) is 0 Å². The highest BCUT2D eigenvalue weighted by Crippen LogP contribution is 2.24. The van der Waals surface area contributed by atoms with E-state index in [0.717, 1.165) is 11.4 Å². The van der Waals surface area contributed by atoms with Gasteiger partial charge in [-0.3, -0.25) is 0 Å². The van der Waals surface area contributed by atoms with Crippen molar-refractivity contribution in [3.63, 3.8) is 0 Å². The van der Waals surface area contributed by atoms with Crippen molar-refractivity contribution in [1.82, 2.24) is 0 Å². The fourth-order valence-corrected chi connectivity index (χ4v) is 1.41. The minimum absolute atomic E-state index is 0.477. The zero-order chi connectivity index (χ0) is 12.3. The standard InChI is InChI=1S/C13H22N2O/c1-9(2)10-5-6-12(11(14)7-10)15-8-13(3,4)16/h5-7,9,15-16H,8,14H2,1-4H3. The van der Waals surface area contributed by atoms with Crippen LogP contribution in [-0.2, 0) is 0 Å². The van der Waals surface area contributed by atoms with Gasteiger partial charge in [0.05, 0.1) is 17.0 Å². The SMILES string of the molecule is CC(C)c1ccc(NCC(C)(C)O)c(N)c1. The van der Waals surface area contributed by atoms with Gasteiger partial charge in [-0.2, -0.15) is 0 Å². The lowest BCUT2D eigenvalue weighted by Crippen LogP contribution is -2.29. The third kappa shape index (κ3) is 3.74. The first-order valence-electron chi connectivity index (χ1n) is 5.65. The largest absolute Gasteiger partial charge is 0.397 e. The number of aliphatic hydroxyl groups is 1. The van der Waals surface area contributed by atoms with E-state index in [1.165, 1.54) is 5.56 Å². The highest BCUT2D eigenvalue weighted by atomic mass is 16.3. The fraction of sp³-hybridized carbons (Fsp3) is 0.538. The van der Waals surface area contributed by atoms with Gasteiger partial charge in [0.2, 0.25) is 0 Å². The quantitative estimate of drug-likeness (QED) is 0.686. The maximum absolute atomic E-state index is 9.61. The average Bonchev–Trinajstić information content (AvgIpc) is 2.14. The summed E-state index contributed by atoms with van der Waals surface area (Å²) in [6.45, 7) is 8.28. The lowest BCUT2D eigenvalue weighted by Gasteiger charge is -2.20. The molecule has 0 aromatic heterocycles. The predicted octanol–water partition coefficient (Wildman–Crippen LogP) is 2.58. The molecule has 3 heteroatoms. The van der Waals surface area contributed by atoms with Gasteiger partial charge in [0, 0.05) is 6.54 Å². The number of rotatable bonds is 4. The van der Waals surface area contributed by atoms with Gasteiger partial charge >= 0.3 is 0 Å². The molecule has 1 rings (SSSR count). The Labute approximate surface area is 97.7 Å². The first-order valence-corrected chi connectivity index (χ1v) is 5.65. The van der Waals surface area contributed by atoms with Gasteiger partial charge in [0.1, 0.15) is 0 Å². The van der Waals surface area contributed by atoms with Crippen molar-refractivity contribution in [2.75, 3.05) is 17.6 Å². The van der Waals surface area contributed by atoms with Crippen LogP contribution in [0.3, 0.4) is 0 Å². The maximum atomic E-state index is 9.61. The molecular formula is C13H22N2O. The lowest BCUT2D eigenvalue weighted by atomic mass is 10.0. The Bertz CT molecular complexity index is 353. The molecule has 0 saturated heterocycles. The van der Waals surface area contributed by atoms with Crippen LogP contribution in [-0.4, -0.2) is 17.3 Å². The van der Waals surface area contributed by atoms with Crippen molar-refractivity contribution < 1.29 is 5.11 Å². The second-order valence-corrected chi connectivity index (χ2v) is 5.17. The summed E-state index contributed by atoms with van der Waals surface area (Å²) in [5, 5.41) is 12.8. The smallest absolute Gasteiger partial charge is 0.0763 e. The minimum atomic E-state index is -0.733. The number of hydrogen-bond acceptors (Lipinski definition) is 3. The third-order valence-electron chi connectivity index (χ3n) is 2.45. The monoisotopic (exact) mass is 222 g/mol. The first kappa shape index (κ1) is 12.8. The van der Waals surface area contributed by atoms with E-state index in [2.05, 4.69) is 25.2 Å². The van der Waals surface area contributed by atoms with Crippen LogP contribution in [0.1, 0.15) is 39.2 Å². The molecule has 1 aromatic carbocycles. The van der Waals surface area contributed by atoms with Crippen molar-refractivity contribution in [3.05, 3.63) is 23.8 Å². The Morgan fingerprint density at radius 3 is 2.44 bits per heavy atom. The van der Waals surface area contributed by atoms with Gasteiger partial charge < -0.3 is 16.2 Å². The lowest BCUT2D eigenvalue weighted by molar-refractivity contribution is 0.0945. The van der Waals surface area contributed by atoms with Crippen LogP contribution in [0.4, 0.5) is 11.4 Å². The van der Waals surface area contributed by atoms with Crippen LogP contribution in [0.15, 0.2) is 18.2 Å². The normalized spacial score (nSPS) is 11.9. The van der Waals surface area contributed by atoms with Gasteiger partial charge in [-0.25, -0.2) is 0 Å². The molecule has 0 fully saturated rings. The van der Waals surface area contributed by atoms with Crippen LogP contribution in [0.2, 0.25) is 0 Å². The first-order chi connectivity index (χ1) is 7.29. The number of hydrogen-bond donors (Lipinski definition) is 3. The minimum Gasteiger partial charge on any atom is -0.397 e. The van der Waals surface area contributed by atoms with Crippen LogP contribution in [0.5, 0.6) is 0 Å². The molecule has 0 aliphatic rings. The van der Waals surface area contributed by atoms with Crippen molar-refractivity contribution >= 4 is 11.4 Å². The topological polar surface area (TPSA) is 58.3 Å². The third-order valence-corrected chi connectivity index (χ3v) is 2.45. The summed E-state index contributed by atoms with van der Waals surface area (Å²) in [5.41, 5.74) is 8.05. The average molecular weight is 222 g/mol. The summed E-state index contributed by atoms with van der Waals surface area (Å²) in [7, 11) is 0. The Kier molecular flexibility index (Phi) is 3.81. The molecule has 1 aromatic rings. The molecule has 4 N–H and O–H groups in total. The van der Waals surface area contributed by atoms with Crippen molar-refractivity contribution in [1.29, 1.82) is 0 Å². The van der Waals surface area contributed by atoms with E-state index in [1.807, 2.05) is 12.1 Å². The van der Waals surface area contributed by atoms with Gasteiger partial charge in [-0.1, -0.05) is 19.9 Å². The molecule has 0 amide bonds. The summed E-state index contributed by atoms with van der Waals surface area (Å²) in [6, 6.07) is 6.02. The van der Waals surface area contributed by atoms with E-state index in [0.29, 0.717) is 12.5 Å². The molecule has 0 radical (unpaired) electrons. The molecule has 3 nitrogen and oxygen atoms in total. The van der Waals surface area contributed by atoms with Crippen LogP contribution in [0.25, 0.3) is 0 Å². The van der Waals surface area contributed by atoms with Crippen LogP contribution >= 0.6 is 0 Å². The van der Waals surface area contributed by atoms with E-state index in [4.69, 9.17) is 5.73 Å². The van der Waals surface area contributed by atoms with Crippen molar-refractivity contribution in [3.8, 4) is 0 Å². The Hall–Kier alpha value is -1.22. The fourth-order valence-electron chi connectivity index (χ4n) is 1.41. The Morgan fingerprint density at radius 1 is 1.38 bits per heavy atom. The Balaban J connectivity index is 2.76. The maximum Gasteiger partial charge on any atom is 0.0763 e. The molecule has 16 heavy (non-hydrogen) atoms. The zero-order valence-electron chi connectivity index (χ0n) is 10.5. The second kappa shape index (κ2) is 4.74. The number of anilines is 2. The van der Waals surface area contributed by atoms with Crippen molar-refractivity contribution in [2.24, 2.45) is 0 Å². The number of benzene rings is 1. The number of nitrogens with two attached hydrogens (primary N) is 1. The van der Waals surface area contributed by atoms with Crippen LogP contribution < -0.4 is 11.1 Å². The number of nitrogens with one attached hydrogen (secondary N) is 1. The van der Waals surface area contributed by atoms with E-state index in [-0.39, 0.29) is 0 Å². The molecule has 0 saturated carbocycles. The van der Waals surface area contributed by atoms with Gasteiger partial charge in [-0.15, -0.1) is 0 Å². The second-order valence-electron chi connectivity index (χ2n) is 5.17. The van der Waals surface area contributed by atoms with Crippen molar-refractivity contribution in [2.45, 2.75) is 39.2 Å². The predicted molar refractivity (Wildman–Crippen MR) is 69.7 cm³/mol. The van der Waals surface area contributed by atoms with Gasteiger partial charge in [-0.05, 0) is 37.5 Å². The van der Waals surface area contributed by atoms with E-state index in [9.17, 15) is 5.11 Å². The van der Waals surface area contributed by atoms with Gasteiger partial charge in [0.25, 0.3) is 0 Å². The highest BCUT2D eigenvalue weighted by molar-refractivity contribution is 5.67. The summed E-state index contributed by atoms with van der Waals surface area (Å²) >= 11 is 0. The molecular weight excluding hydrogens is 200 g/mol. The molecule has 0 aliphatic carbocycles. The number of nitrogen functional groups attached to an aromatic ring is 1. The zero-order valence-corrected chi connectivity index (χ0v) is 10.5. The van der Waals surface area contributed by atoms with E-state index in [1.54, 1.807) is 13.8 Å². The Morgan fingerprint density at radius 2 is 2.00 bits per heavy atom. The highest BCUT2D eigenvalue weighted by Gasteiger charge is 2.12.